The fraction of sp³-hybridized carbons (Fsp3) is 0.400. The number of ether oxygens (including phenoxy) is 1. The van der Waals surface area contributed by atoms with Crippen molar-refractivity contribution in [1.82, 2.24) is 0 Å². The molecule has 21 heavy (non-hydrogen) atoms. The van der Waals surface area contributed by atoms with Crippen molar-refractivity contribution in [3.8, 4) is 11.8 Å². The maximum Gasteiger partial charge on any atom is 0.261 e. The molecule has 0 fully saturated rings. The zero-order chi connectivity index (χ0) is 15.7. The van der Waals surface area contributed by atoms with Crippen molar-refractivity contribution in [2.24, 2.45) is 0 Å². The van der Waals surface area contributed by atoms with Crippen LogP contribution < -0.4 is 5.32 Å². The van der Waals surface area contributed by atoms with Gasteiger partial charge >= 0.3 is 0 Å². The molecule has 1 aromatic carbocycles. The van der Waals surface area contributed by atoms with Gasteiger partial charge in [0.2, 0.25) is 5.91 Å². The SMILES string of the molecule is Cc1ccc(C#CCO)c(NC(=O)CCOCC(F)F)c1. The molecule has 0 heterocycles. The summed E-state index contributed by atoms with van der Waals surface area (Å²) in [5, 5.41) is 11.4. The first kappa shape index (κ1) is 17.1. The molecule has 0 saturated heterocycles. The largest absolute Gasteiger partial charge is 0.384 e. The zero-order valence-electron chi connectivity index (χ0n) is 11.7. The van der Waals surface area contributed by atoms with Gasteiger partial charge in [0.05, 0.1) is 18.7 Å². The number of alkyl halides is 2. The molecule has 0 spiro atoms. The number of carbonyl (C=O) groups is 1. The molecule has 0 aliphatic rings. The quantitative estimate of drug-likeness (QED) is 0.623. The number of rotatable bonds is 6. The predicted molar refractivity (Wildman–Crippen MR) is 75.2 cm³/mol. The second-order valence-corrected chi connectivity index (χ2v) is 4.27. The van der Waals surface area contributed by atoms with Gasteiger partial charge < -0.3 is 15.2 Å². The molecule has 0 radical (unpaired) electrons. The molecule has 1 amide bonds. The van der Waals surface area contributed by atoms with Crippen molar-refractivity contribution >= 4 is 11.6 Å². The minimum atomic E-state index is -2.54. The van der Waals surface area contributed by atoms with Crippen LogP contribution >= 0.6 is 0 Å². The first-order valence-corrected chi connectivity index (χ1v) is 6.39. The summed E-state index contributed by atoms with van der Waals surface area (Å²) in [5.41, 5.74) is 2.04. The molecule has 0 bridgehead atoms. The zero-order valence-corrected chi connectivity index (χ0v) is 11.7. The summed E-state index contributed by atoms with van der Waals surface area (Å²) >= 11 is 0. The molecule has 0 atom stereocenters. The number of aliphatic hydroxyl groups is 1. The molecule has 4 nitrogen and oxygen atoms in total. The summed E-state index contributed by atoms with van der Waals surface area (Å²) in [6.45, 7) is 0.845. The third-order valence-corrected chi connectivity index (χ3v) is 2.47. The monoisotopic (exact) mass is 297 g/mol. The molecule has 0 unspecified atom stereocenters. The second-order valence-electron chi connectivity index (χ2n) is 4.27. The van der Waals surface area contributed by atoms with Crippen LogP contribution in [0.15, 0.2) is 18.2 Å². The molecule has 0 saturated carbocycles. The molecule has 0 aromatic heterocycles. The average Bonchev–Trinajstić information content (AvgIpc) is 2.42. The van der Waals surface area contributed by atoms with E-state index < -0.39 is 13.0 Å². The van der Waals surface area contributed by atoms with Crippen LogP contribution in [0.25, 0.3) is 0 Å². The Hall–Kier alpha value is -1.97. The van der Waals surface area contributed by atoms with Gasteiger partial charge in [-0.3, -0.25) is 4.79 Å². The average molecular weight is 297 g/mol. The van der Waals surface area contributed by atoms with E-state index in [9.17, 15) is 13.6 Å². The highest BCUT2D eigenvalue weighted by Gasteiger charge is 2.07. The van der Waals surface area contributed by atoms with Gasteiger partial charge in [0.1, 0.15) is 13.2 Å². The number of benzene rings is 1. The minimum absolute atomic E-state index is 0.0203. The number of carbonyl (C=O) groups excluding carboxylic acids is 1. The van der Waals surface area contributed by atoms with Crippen LogP contribution in [0, 0.1) is 18.8 Å². The first-order valence-electron chi connectivity index (χ1n) is 6.39. The molecular formula is C15H17F2NO3. The molecular weight excluding hydrogens is 280 g/mol. The standard InChI is InChI=1S/C15H17F2NO3/c1-11-4-5-12(3-2-7-19)13(9-11)18-15(20)6-8-21-10-14(16)17/h4-5,9,14,19H,6-8,10H2,1H3,(H,18,20). The first-order chi connectivity index (χ1) is 10.0. The summed E-state index contributed by atoms with van der Waals surface area (Å²) in [5.74, 6) is 4.90. The molecule has 0 aliphatic carbocycles. The number of aliphatic hydroxyl groups excluding tert-OH is 1. The Labute approximate surface area is 122 Å². The van der Waals surface area contributed by atoms with Crippen LogP contribution in [-0.2, 0) is 9.53 Å². The highest BCUT2D eigenvalue weighted by atomic mass is 19.3. The van der Waals surface area contributed by atoms with Crippen molar-refractivity contribution in [3.05, 3.63) is 29.3 Å². The van der Waals surface area contributed by atoms with Crippen LogP contribution in [0.2, 0.25) is 0 Å². The normalized spacial score (nSPS) is 10.1. The van der Waals surface area contributed by atoms with E-state index in [4.69, 9.17) is 5.11 Å². The van der Waals surface area contributed by atoms with E-state index in [1.54, 1.807) is 12.1 Å². The van der Waals surface area contributed by atoms with Crippen LogP contribution in [0.3, 0.4) is 0 Å². The van der Waals surface area contributed by atoms with Crippen LogP contribution in [0.1, 0.15) is 17.5 Å². The van der Waals surface area contributed by atoms with Crippen molar-refractivity contribution < 1.29 is 23.4 Å². The van der Waals surface area contributed by atoms with E-state index >= 15 is 0 Å². The van der Waals surface area contributed by atoms with Gasteiger partial charge in [-0.1, -0.05) is 17.9 Å². The van der Waals surface area contributed by atoms with Crippen LogP contribution in [0.5, 0.6) is 0 Å². The topological polar surface area (TPSA) is 58.6 Å². The lowest BCUT2D eigenvalue weighted by Crippen LogP contribution is -2.16. The fourth-order valence-electron chi connectivity index (χ4n) is 1.56. The van der Waals surface area contributed by atoms with E-state index in [-0.39, 0.29) is 25.5 Å². The van der Waals surface area contributed by atoms with E-state index in [1.165, 1.54) is 0 Å². The Morgan fingerprint density at radius 2 is 2.24 bits per heavy atom. The highest BCUT2D eigenvalue weighted by molar-refractivity contribution is 5.92. The Morgan fingerprint density at radius 1 is 1.48 bits per heavy atom. The Morgan fingerprint density at radius 3 is 2.90 bits per heavy atom. The van der Waals surface area contributed by atoms with E-state index in [0.717, 1.165) is 5.56 Å². The summed E-state index contributed by atoms with van der Waals surface area (Å²) < 4.78 is 28.4. The number of hydrogen-bond donors (Lipinski definition) is 2. The number of amides is 1. The van der Waals surface area contributed by atoms with Gasteiger partial charge in [-0.2, -0.15) is 0 Å². The summed E-state index contributed by atoms with van der Waals surface area (Å²) in [6.07, 6.45) is -2.56. The molecule has 1 rings (SSSR count). The number of hydrogen-bond acceptors (Lipinski definition) is 3. The minimum Gasteiger partial charge on any atom is -0.384 e. The lowest BCUT2D eigenvalue weighted by Gasteiger charge is -2.09. The van der Waals surface area contributed by atoms with Gasteiger partial charge in [-0.05, 0) is 24.6 Å². The van der Waals surface area contributed by atoms with Crippen LogP contribution in [-0.4, -0.2) is 37.3 Å². The smallest absolute Gasteiger partial charge is 0.261 e. The van der Waals surface area contributed by atoms with E-state index in [2.05, 4.69) is 21.9 Å². The van der Waals surface area contributed by atoms with Crippen LogP contribution in [0.4, 0.5) is 14.5 Å². The molecule has 2 N–H and O–H groups in total. The summed E-state index contributed by atoms with van der Waals surface area (Å²) in [4.78, 5) is 11.7. The Bertz CT molecular complexity index is 535. The number of anilines is 1. The van der Waals surface area contributed by atoms with Crippen molar-refractivity contribution in [1.29, 1.82) is 0 Å². The predicted octanol–water partition coefficient (Wildman–Crippen LogP) is 1.95. The van der Waals surface area contributed by atoms with Gasteiger partial charge in [0.15, 0.2) is 0 Å². The molecule has 114 valence electrons. The van der Waals surface area contributed by atoms with Gasteiger partial charge in [-0.15, -0.1) is 0 Å². The number of aryl methyl sites for hydroxylation is 1. The van der Waals surface area contributed by atoms with E-state index in [1.807, 2.05) is 13.0 Å². The lowest BCUT2D eigenvalue weighted by atomic mass is 10.1. The maximum absolute atomic E-state index is 11.9. The maximum atomic E-state index is 11.9. The number of halogens is 2. The Kier molecular flexibility index (Phi) is 7.37. The third kappa shape index (κ3) is 6.84. The van der Waals surface area contributed by atoms with Crippen molar-refractivity contribution in [2.45, 2.75) is 19.8 Å². The van der Waals surface area contributed by atoms with Gasteiger partial charge in [0, 0.05) is 5.56 Å². The van der Waals surface area contributed by atoms with Crippen molar-refractivity contribution in [2.75, 3.05) is 25.1 Å². The fourth-order valence-corrected chi connectivity index (χ4v) is 1.56. The Balaban J connectivity index is 2.60. The second kappa shape index (κ2) is 9.06. The van der Waals surface area contributed by atoms with Gasteiger partial charge in [-0.25, -0.2) is 8.78 Å². The lowest BCUT2D eigenvalue weighted by molar-refractivity contribution is -0.117. The molecule has 6 heteroatoms. The summed E-state index contributed by atoms with van der Waals surface area (Å²) in [6, 6.07) is 5.32. The molecule has 0 aliphatic heterocycles. The third-order valence-electron chi connectivity index (χ3n) is 2.47. The van der Waals surface area contributed by atoms with Crippen molar-refractivity contribution in [3.63, 3.8) is 0 Å². The van der Waals surface area contributed by atoms with E-state index in [0.29, 0.717) is 11.3 Å². The number of nitrogens with one attached hydrogen (secondary N) is 1. The summed E-state index contributed by atoms with van der Waals surface area (Å²) in [7, 11) is 0. The highest BCUT2D eigenvalue weighted by Crippen LogP contribution is 2.17. The van der Waals surface area contributed by atoms with Gasteiger partial charge in [0.25, 0.3) is 6.43 Å². The molecule has 1 aromatic rings.